The number of nitrogens with zero attached hydrogens (tertiary/aromatic N) is 1. The maximum Gasteiger partial charge on any atom is 0.573 e. The largest absolute Gasteiger partial charge is 0.573 e. The standard InChI is InChI=1S/C10H8F5NO4/c1-19-9-4(2-6(17)18)7(8(11)12)5(3-16-9)20-10(13,14)15/h3,8H,2H2,1H3,(H,17,18). The van der Waals surface area contributed by atoms with Gasteiger partial charge in [0, 0.05) is 5.56 Å². The van der Waals surface area contributed by atoms with Crippen molar-refractivity contribution in [2.75, 3.05) is 7.11 Å². The predicted octanol–water partition coefficient (Wildman–Crippen LogP) is 2.55. The van der Waals surface area contributed by atoms with E-state index < -0.39 is 47.9 Å². The van der Waals surface area contributed by atoms with Crippen LogP contribution in [0.5, 0.6) is 11.6 Å². The molecule has 1 aromatic heterocycles. The lowest BCUT2D eigenvalue weighted by Crippen LogP contribution is -2.19. The Morgan fingerprint density at radius 3 is 2.45 bits per heavy atom. The molecule has 10 heteroatoms. The van der Waals surface area contributed by atoms with Crippen LogP contribution in [-0.2, 0) is 11.2 Å². The molecule has 0 fully saturated rings. The molecule has 0 aromatic carbocycles. The Balaban J connectivity index is 3.43. The van der Waals surface area contributed by atoms with Gasteiger partial charge in [0.2, 0.25) is 5.88 Å². The van der Waals surface area contributed by atoms with Gasteiger partial charge in [-0.15, -0.1) is 13.2 Å². The maximum absolute atomic E-state index is 12.9. The highest BCUT2D eigenvalue weighted by Crippen LogP contribution is 2.38. The zero-order chi connectivity index (χ0) is 15.5. The van der Waals surface area contributed by atoms with Crippen LogP contribution >= 0.6 is 0 Å². The summed E-state index contributed by atoms with van der Waals surface area (Å²) < 4.78 is 70.2. The average molecular weight is 301 g/mol. The number of ether oxygens (including phenoxy) is 2. The number of methoxy groups -OCH3 is 1. The molecule has 0 radical (unpaired) electrons. The van der Waals surface area contributed by atoms with Gasteiger partial charge in [0.25, 0.3) is 6.43 Å². The van der Waals surface area contributed by atoms with Crippen molar-refractivity contribution in [3.05, 3.63) is 17.3 Å². The van der Waals surface area contributed by atoms with Gasteiger partial charge < -0.3 is 14.6 Å². The zero-order valence-corrected chi connectivity index (χ0v) is 9.87. The van der Waals surface area contributed by atoms with Crippen LogP contribution in [0.1, 0.15) is 17.6 Å². The number of alkyl halides is 5. The van der Waals surface area contributed by atoms with Gasteiger partial charge in [-0.3, -0.25) is 4.79 Å². The second-order valence-corrected chi connectivity index (χ2v) is 3.44. The molecule has 0 atom stereocenters. The van der Waals surface area contributed by atoms with Crippen molar-refractivity contribution in [3.8, 4) is 11.6 Å². The van der Waals surface area contributed by atoms with Gasteiger partial charge >= 0.3 is 12.3 Å². The quantitative estimate of drug-likeness (QED) is 0.846. The summed E-state index contributed by atoms with van der Waals surface area (Å²) in [6.45, 7) is 0. The summed E-state index contributed by atoms with van der Waals surface area (Å²) in [5.41, 5.74) is -1.88. The van der Waals surface area contributed by atoms with Crippen molar-refractivity contribution < 1.29 is 41.3 Å². The number of halogens is 5. The third-order valence-electron chi connectivity index (χ3n) is 2.11. The molecule has 1 aromatic rings. The van der Waals surface area contributed by atoms with E-state index in [1.54, 1.807) is 0 Å². The number of rotatable bonds is 5. The van der Waals surface area contributed by atoms with Crippen molar-refractivity contribution in [2.24, 2.45) is 0 Å². The van der Waals surface area contributed by atoms with Crippen LogP contribution in [0.4, 0.5) is 22.0 Å². The van der Waals surface area contributed by atoms with E-state index in [9.17, 15) is 26.7 Å². The highest BCUT2D eigenvalue weighted by Gasteiger charge is 2.35. The minimum Gasteiger partial charge on any atom is -0.481 e. The van der Waals surface area contributed by atoms with Crippen LogP contribution in [0.2, 0.25) is 0 Å². The van der Waals surface area contributed by atoms with E-state index in [0.717, 1.165) is 7.11 Å². The zero-order valence-electron chi connectivity index (χ0n) is 9.87. The van der Waals surface area contributed by atoms with E-state index >= 15 is 0 Å². The van der Waals surface area contributed by atoms with Gasteiger partial charge in [0.15, 0.2) is 5.75 Å². The van der Waals surface area contributed by atoms with Crippen molar-refractivity contribution in [3.63, 3.8) is 0 Å². The van der Waals surface area contributed by atoms with E-state index in [4.69, 9.17) is 5.11 Å². The van der Waals surface area contributed by atoms with Gasteiger partial charge in [-0.1, -0.05) is 0 Å². The van der Waals surface area contributed by atoms with Crippen molar-refractivity contribution in [1.82, 2.24) is 4.98 Å². The summed E-state index contributed by atoms with van der Waals surface area (Å²) in [4.78, 5) is 14.0. The Morgan fingerprint density at radius 2 is 2.05 bits per heavy atom. The lowest BCUT2D eigenvalue weighted by atomic mass is 10.1. The Morgan fingerprint density at radius 1 is 1.45 bits per heavy atom. The lowest BCUT2D eigenvalue weighted by Gasteiger charge is -2.17. The molecule has 0 aliphatic heterocycles. The topological polar surface area (TPSA) is 68.7 Å². The third kappa shape index (κ3) is 3.93. The molecule has 1 N–H and O–H groups in total. The van der Waals surface area contributed by atoms with Crippen LogP contribution in [0.15, 0.2) is 6.20 Å². The molecule has 20 heavy (non-hydrogen) atoms. The van der Waals surface area contributed by atoms with Crippen molar-refractivity contribution in [2.45, 2.75) is 19.2 Å². The van der Waals surface area contributed by atoms with Gasteiger partial charge in [-0.25, -0.2) is 13.8 Å². The first kappa shape index (κ1) is 15.9. The first-order valence-corrected chi connectivity index (χ1v) is 4.97. The minimum atomic E-state index is -5.21. The number of hydrogen-bond acceptors (Lipinski definition) is 4. The highest BCUT2D eigenvalue weighted by molar-refractivity contribution is 5.72. The van der Waals surface area contributed by atoms with Crippen LogP contribution in [0.25, 0.3) is 0 Å². The number of aromatic nitrogens is 1. The van der Waals surface area contributed by atoms with Gasteiger partial charge in [0.1, 0.15) is 0 Å². The molecule has 112 valence electrons. The molecule has 0 unspecified atom stereocenters. The highest BCUT2D eigenvalue weighted by atomic mass is 19.4. The Labute approximate surface area is 108 Å². The summed E-state index contributed by atoms with van der Waals surface area (Å²) >= 11 is 0. The second-order valence-electron chi connectivity index (χ2n) is 3.44. The SMILES string of the molecule is COc1ncc(OC(F)(F)F)c(C(F)F)c1CC(=O)O. The number of aliphatic carboxylic acids is 1. The molecule has 0 amide bonds. The van der Waals surface area contributed by atoms with E-state index in [1.165, 1.54) is 0 Å². The first-order chi connectivity index (χ1) is 9.15. The number of carbonyl (C=O) groups is 1. The Kier molecular flexibility index (Phi) is 4.69. The molecule has 0 spiro atoms. The molecule has 0 saturated heterocycles. The number of hydrogen-bond donors (Lipinski definition) is 1. The Hall–Kier alpha value is -2.13. The fourth-order valence-corrected chi connectivity index (χ4v) is 1.47. The fraction of sp³-hybridized carbons (Fsp3) is 0.400. The molecular formula is C10H8F5NO4. The van der Waals surface area contributed by atoms with Crippen LogP contribution in [0.3, 0.4) is 0 Å². The molecule has 0 aliphatic rings. The van der Waals surface area contributed by atoms with Gasteiger partial charge in [-0.2, -0.15) is 0 Å². The number of pyridine rings is 1. The minimum absolute atomic E-state index is 0.402. The number of carboxylic acid groups (broad SMARTS) is 1. The van der Waals surface area contributed by atoms with E-state index in [-0.39, 0.29) is 0 Å². The second kappa shape index (κ2) is 5.88. The lowest BCUT2D eigenvalue weighted by molar-refractivity contribution is -0.275. The molecule has 0 saturated carbocycles. The van der Waals surface area contributed by atoms with Crippen LogP contribution in [0, 0.1) is 0 Å². The van der Waals surface area contributed by atoms with E-state index in [2.05, 4.69) is 14.5 Å². The van der Waals surface area contributed by atoms with Crippen LogP contribution in [-0.4, -0.2) is 29.5 Å². The fourth-order valence-electron chi connectivity index (χ4n) is 1.47. The average Bonchev–Trinajstić information content (AvgIpc) is 2.25. The van der Waals surface area contributed by atoms with E-state index in [1.807, 2.05) is 0 Å². The molecule has 1 rings (SSSR count). The first-order valence-electron chi connectivity index (χ1n) is 4.97. The smallest absolute Gasteiger partial charge is 0.481 e. The normalized spacial score (nSPS) is 11.6. The van der Waals surface area contributed by atoms with Gasteiger partial charge in [-0.05, 0) is 0 Å². The van der Waals surface area contributed by atoms with Crippen molar-refractivity contribution in [1.29, 1.82) is 0 Å². The maximum atomic E-state index is 12.9. The Bertz CT molecular complexity index is 503. The molecular weight excluding hydrogens is 293 g/mol. The predicted molar refractivity (Wildman–Crippen MR) is 53.8 cm³/mol. The summed E-state index contributed by atoms with van der Waals surface area (Å²) in [6.07, 6.45) is -9.18. The third-order valence-corrected chi connectivity index (χ3v) is 2.11. The summed E-state index contributed by atoms with van der Waals surface area (Å²) in [7, 11) is 1.02. The molecule has 5 nitrogen and oxygen atoms in total. The molecule has 0 bridgehead atoms. The monoisotopic (exact) mass is 301 g/mol. The molecule has 0 aliphatic carbocycles. The molecule has 1 heterocycles. The van der Waals surface area contributed by atoms with E-state index in [0.29, 0.717) is 6.20 Å². The number of carboxylic acids is 1. The van der Waals surface area contributed by atoms with Crippen molar-refractivity contribution >= 4 is 5.97 Å². The van der Waals surface area contributed by atoms with Crippen LogP contribution < -0.4 is 9.47 Å². The summed E-state index contributed by atoms with van der Waals surface area (Å²) in [6, 6.07) is 0. The summed E-state index contributed by atoms with van der Waals surface area (Å²) in [5.74, 6) is -3.29. The summed E-state index contributed by atoms with van der Waals surface area (Å²) in [5, 5.41) is 8.63. The van der Waals surface area contributed by atoms with Gasteiger partial charge in [0.05, 0.1) is 25.3 Å².